The summed E-state index contributed by atoms with van der Waals surface area (Å²) in [5.74, 6) is -0.879. The molecule has 2 N–H and O–H groups in total. The summed E-state index contributed by atoms with van der Waals surface area (Å²) >= 11 is 3.81. The molecule has 0 spiro atoms. The van der Waals surface area contributed by atoms with E-state index in [9.17, 15) is 4.79 Å². The molecule has 0 aliphatic rings. The smallest absolute Gasteiger partial charge is 0.335 e. The summed E-state index contributed by atoms with van der Waals surface area (Å²) in [6.07, 6.45) is 0. The third kappa shape index (κ3) is 4.33. The van der Waals surface area contributed by atoms with E-state index in [0.29, 0.717) is 5.56 Å². The average molecular weight is 181 g/mol. The van der Waals surface area contributed by atoms with E-state index in [-0.39, 0.29) is 0 Å². The standard InChI is InChI=1S/C7H6O2.CHNS/c8-7(9)6-4-2-1-3-5-6;2-1-3/h1-5H,(H,8,9);2H. The first-order chi connectivity index (χ1) is 5.72. The molecule has 0 heterocycles. The third-order valence-electron chi connectivity index (χ3n) is 1.02. The van der Waals surface area contributed by atoms with Crippen LogP contribution in [0.5, 0.6) is 0 Å². The normalized spacial score (nSPS) is 7.33. The largest absolute Gasteiger partial charge is 0.478 e. The van der Waals surface area contributed by atoms with Gasteiger partial charge in [0.1, 0.15) is 0 Å². The van der Waals surface area contributed by atoms with Crippen molar-refractivity contribution in [2.75, 3.05) is 0 Å². The van der Waals surface area contributed by atoms with Crippen molar-refractivity contribution in [1.29, 1.82) is 5.41 Å². The first-order valence-corrected chi connectivity index (χ1v) is 3.45. The lowest BCUT2D eigenvalue weighted by Crippen LogP contribution is -1.93. The highest BCUT2D eigenvalue weighted by Gasteiger charge is 1.96. The number of rotatable bonds is 1. The van der Waals surface area contributed by atoms with Crippen LogP contribution in [-0.4, -0.2) is 16.2 Å². The molecule has 0 atom stereocenters. The Bertz CT molecular complexity index is 278. The average Bonchev–Trinajstić information content (AvgIpc) is 2.07. The van der Waals surface area contributed by atoms with Crippen LogP contribution in [0.15, 0.2) is 30.3 Å². The van der Waals surface area contributed by atoms with Gasteiger partial charge in [0.05, 0.1) is 10.7 Å². The first kappa shape index (κ1) is 10.5. The predicted octanol–water partition coefficient (Wildman–Crippen LogP) is 2.05. The number of benzene rings is 1. The SMILES string of the molecule is N=C=S.O=C(O)c1ccccc1. The quantitative estimate of drug-likeness (QED) is 0.515. The van der Waals surface area contributed by atoms with E-state index in [1.807, 2.05) is 0 Å². The molecule has 0 fully saturated rings. The van der Waals surface area contributed by atoms with Gasteiger partial charge in [0.2, 0.25) is 0 Å². The monoisotopic (exact) mass is 181 g/mol. The first-order valence-electron chi connectivity index (χ1n) is 3.04. The number of carboxylic acids is 1. The van der Waals surface area contributed by atoms with Crippen LogP contribution < -0.4 is 0 Å². The molecule has 4 heteroatoms. The molecule has 0 aromatic heterocycles. The topological polar surface area (TPSA) is 61.2 Å². The molecule has 3 nitrogen and oxygen atoms in total. The fourth-order valence-corrected chi connectivity index (χ4v) is 0.581. The Morgan fingerprint density at radius 3 is 2.08 bits per heavy atom. The Morgan fingerprint density at radius 2 is 1.83 bits per heavy atom. The molecule has 1 aromatic rings. The van der Waals surface area contributed by atoms with Crippen molar-refractivity contribution in [1.82, 2.24) is 0 Å². The Balaban J connectivity index is 0.000000354. The Labute approximate surface area is 75.2 Å². The molecule has 0 unspecified atom stereocenters. The van der Waals surface area contributed by atoms with Crippen molar-refractivity contribution < 1.29 is 9.90 Å². The number of nitrogens with one attached hydrogen (secondary N) is 1. The second-order valence-electron chi connectivity index (χ2n) is 1.77. The molecule has 0 aliphatic carbocycles. The van der Waals surface area contributed by atoms with E-state index >= 15 is 0 Å². The van der Waals surface area contributed by atoms with E-state index in [0.717, 1.165) is 0 Å². The Hall–Kier alpha value is -1.51. The summed E-state index contributed by atoms with van der Waals surface area (Å²) in [6.45, 7) is 0. The van der Waals surface area contributed by atoms with Crippen LogP contribution in [0.3, 0.4) is 0 Å². The molecule has 62 valence electrons. The maximum Gasteiger partial charge on any atom is 0.335 e. The zero-order valence-corrected chi connectivity index (χ0v) is 6.97. The van der Waals surface area contributed by atoms with Crippen LogP contribution in [0, 0.1) is 5.41 Å². The molecule has 0 saturated carbocycles. The summed E-state index contributed by atoms with van der Waals surface area (Å²) in [5, 5.41) is 15.7. The van der Waals surface area contributed by atoms with Crippen LogP contribution in [0.1, 0.15) is 10.4 Å². The van der Waals surface area contributed by atoms with Gasteiger partial charge < -0.3 is 5.11 Å². The zero-order valence-electron chi connectivity index (χ0n) is 6.15. The van der Waals surface area contributed by atoms with Gasteiger partial charge in [0.25, 0.3) is 0 Å². The van der Waals surface area contributed by atoms with E-state index in [4.69, 9.17) is 10.5 Å². The lowest BCUT2D eigenvalue weighted by molar-refractivity contribution is 0.0697. The Morgan fingerprint density at radius 1 is 1.42 bits per heavy atom. The second kappa shape index (κ2) is 6.22. The van der Waals surface area contributed by atoms with Gasteiger partial charge in [-0.3, -0.25) is 0 Å². The molecular formula is C8H7NO2S. The van der Waals surface area contributed by atoms with E-state index in [1.165, 1.54) is 0 Å². The van der Waals surface area contributed by atoms with Gasteiger partial charge >= 0.3 is 5.97 Å². The number of carboxylic acid groups (broad SMARTS) is 1. The van der Waals surface area contributed by atoms with Crippen molar-refractivity contribution in [3.8, 4) is 0 Å². The van der Waals surface area contributed by atoms with Crippen LogP contribution in [0.25, 0.3) is 0 Å². The minimum absolute atomic E-state index is 0.331. The van der Waals surface area contributed by atoms with Crippen LogP contribution in [0.2, 0.25) is 0 Å². The van der Waals surface area contributed by atoms with Gasteiger partial charge in [-0.25, -0.2) is 10.2 Å². The highest BCUT2D eigenvalue weighted by Crippen LogP contribution is 1.96. The number of hydrogen-bond acceptors (Lipinski definition) is 3. The summed E-state index contributed by atoms with van der Waals surface area (Å²) in [6, 6.07) is 8.30. The summed E-state index contributed by atoms with van der Waals surface area (Å²) in [5.41, 5.74) is 0.331. The summed E-state index contributed by atoms with van der Waals surface area (Å²) in [7, 11) is 0. The highest BCUT2D eigenvalue weighted by atomic mass is 32.1. The molecule has 0 aliphatic heterocycles. The minimum atomic E-state index is -0.879. The number of carbonyl (C=O) groups is 1. The lowest BCUT2D eigenvalue weighted by Gasteiger charge is -1.88. The molecule has 0 bridgehead atoms. The molecule has 1 rings (SSSR count). The van der Waals surface area contributed by atoms with Gasteiger partial charge in [-0.05, 0) is 24.4 Å². The molecule has 0 saturated heterocycles. The van der Waals surface area contributed by atoms with Crippen molar-refractivity contribution in [3.63, 3.8) is 0 Å². The van der Waals surface area contributed by atoms with Crippen molar-refractivity contribution >= 4 is 23.3 Å². The fraction of sp³-hybridized carbons (Fsp3) is 0. The van der Waals surface area contributed by atoms with Gasteiger partial charge in [0.15, 0.2) is 0 Å². The maximum atomic E-state index is 10.2. The number of aromatic carboxylic acids is 1. The van der Waals surface area contributed by atoms with Crippen molar-refractivity contribution in [2.45, 2.75) is 0 Å². The summed E-state index contributed by atoms with van der Waals surface area (Å²) < 4.78 is 0. The van der Waals surface area contributed by atoms with Gasteiger partial charge in [-0.15, -0.1) is 0 Å². The predicted molar refractivity (Wildman–Crippen MR) is 48.7 cm³/mol. The second-order valence-corrected chi connectivity index (χ2v) is 1.98. The van der Waals surface area contributed by atoms with Gasteiger partial charge in [-0.1, -0.05) is 18.2 Å². The molecular weight excluding hydrogens is 174 g/mol. The molecule has 0 radical (unpaired) electrons. The number of isothiocyanates is 1. The molecule has 0 amide bonds. The van der Waals surface area contributed by atoms with Gasteiger partial charge in [-0.2, -0.15) is 0 Å². The van der Waals surface area contributed by atoms with Crippen LogP contribution in [-0.2, 0) is 0 Å². The highest BCUT2D eigenvalue weighted by molar-refractivity contribution is 7.78. The Kier molecular flexibility index (Phi) is 5.43. The fourth-order valence-electron chi connectivity index (χ4n) is 0.581. The summed E-state index contributed by atoms with van der Waals surface area (Å²) in [4.78, 5) is 10.2. The molecule has 12 heavy (non-hydrogen) atoms. The van der Waals surface area contributed by atoms with Crippen molar-refractivity contribution in [3.05, 3.63) is 35.9 Å². The third-order valence-corrected chi connectivity index (χ3v) is 1.02. The lowest BCUT2D eigenvalue weighted by atomic mass is 10.2. The minimum Gasteiger partial charge on any atom is -0.478 e. The zero-order chi connectivity index (χ0) is 9.40. The number of thiocarbonyl (C=S) groups is 1. The van der Waals surface area contributed by atoms with E-state index < -0.39 is 5.97 Å². The van der Waals surface area contributed by atoms with Crippen LogP contribution in [0.4, 0.5) is 0 Å². The maximum absolute atomic E-state index is 10.2. The van der Waals surface area contributed by atoms with E-state index in [1.54, 1.807) is 35.5 Å². The molecule has 1 aromatic carbocycles. The van der Waals surface area contributed by atoms with Crippen molar-refractivity contribution in [2.24, 2.45) is 0 Å². The van der Waals surface area contributed by atoms with Gasteiger partial charge in [0, 0.05) is 0 Å². The number of hydrogen-bond donors (Lipinski definition) is 2. The van der Waals surface area contributed by atoms with E-state index in [2.05, 4.69) is 12.2 Å². The van der Waals surface area contributed by atoms with Crippen LogP contribution >= 0.6 is 12.2 Å².